The zero-order valence-corrected chi connectivity index (χ0v) is 18.1. The Morgan fingerprint density at radius 2 is 1.83 bits per heavy atom. The molecule has 0 spiro atoms. The van der Waals surface area contributed by atoms with Gasteiger partial charge in [-0.25, -0.2) is 0 Å². The molecule has 156 valence electrons. The fourth-order valence-corrected chi connectivity index (χ4v) is 7.94. The highest BCUT2D eigenvalue weighted by Crippen LogP contribution is 2.68. The van der Waals surface area contributed by atoms with E-state index in [1.807, 2.05) is 13.1 Å². The number of nitrogens with one attached hydrogen (secondary N) is 1. The van der Waals surface area contributed by atoms with Gasteiger partial charge in [0, 0.05) is 19.2 Å². The monoisotopic (exact) mass is 393 g/mol. The van der Waals surface area contributed by atoms with Gasteiger partial charge in [0.2, 0.25) is 0 Å². The maximum Gasteiger partial charge on any atom is 0.155 e. The van der Waals surface area contributed by atoms with Gasteiger partial charge in [0.25, 0.3) is 0 Å². The molecule has 1 aromatic rings. The third-order valence-corrected chi connectivity index (χ3v) is 9.50. The summed E-state index contributed by atoms with van der Waals surface area (Å²) >= 11 is 0. The Balaban J connectivity index is 1.62. The lowest BCUT2D eigenvalue weighted by Gasteiger charge is -2.61. The van der Waals surface area contributed by atoms with E-state index < -0.39 is 0 Å². The molecule has 4 aliphatic rings. The second-order valence-electron chi connectivity index (χ2n) is 10.7. The topological polar surface area (TPSA) is 49.3 Å². The quantitative estimate of drug-likeness (QED) is 0.715. The predicted molar refractivity (Wildman–Crippen MR) is 117 cm³/mol. The number of carbonyl (C=O) groups is 1. The summed E-state index contributed by atoms with van der Waals surface area (Å²) in [6.07, 6.45) is 8.94. The van der Waals surface area contributed by atoms with Gasteiger partial charge in [-0.15, -0.1) is 0 Å². The number of hydrogen-bond acceptors (Lipinski definition) is 3. The van der Waals surface area contributed by atoms with E-state index in [1.165, 1.54) is 17.6 Å². The molecule has 5 rings (SSSR count). The highest BCUT2D eigenvalue weighted by Gasteiger charge is 2.62. The first kappa shape index (κ1) is 19.4. The third kappa shape index (κ3) is 2.76. The van der Waals surface area contributed by atoms with E-state index in [9.17, 15) is 9.90 Å². The van der Waals surface area contributed by atoms with Crippen LogP contribution in [0.5, 0.6) is 0 Å². The molecule has 0 aromatic heterocycles. The SMILES string of the molecule is CNc1ccc(C2CC3(C)C(O)CCC3C3CCC4=CC(=O)CCC4(C)C23)cc1. The standard InChI is InChI=1S/C26H35NO2/c1-25-13-12-19(28)14-17(25)6-9-20-22-10-11-23(29)26(22,2)15-21(24(20)25)16-4-7-18(27-3)8-5-16/h4-5,7-8,14,20-24,27,29H,6,9-13,15H2,1-3H3. The molecule has 0 bridgehead atoms. The number of hydrogen-bond donors (Lipinski definition) is 2. The van der Waals surface area contributed by atoms with E-state index in [0.717, 1.165) is 37.8 Å². The van der Waals surface area contributed by atoms with Crippen molar-refractivity contribution in [1.29, 1.82) is 0 Å². The molecule has 1 aromatic carbocycles. The van der Waals surface area contributed by atoms with Crippen LogP contribution in [0.25, 0.3) is 0 Å². The van der Waals surface area contributed by atoms with Gasteiger partial charge in [0.1, 0.15) is 0 Å². The average molecular weight is 394 g/mol. The van der Waals surface area contributed by atoms with Crippen molar-refractivity contribution in [2.75, 3.05) is 12.4 Å². The number of allylic oxidation sites excluding steroid dienone is 1. The van der Waals surface area contributed by atoms with Gasteiger partial charge in [0.15, 0.2) is 5.78 Å². The zero-order chi connectivity index (χ0) is 20.4. The number of rotatable bonds is 2. The summed E-state index contributed by atoms with van der Waals surface area (Å²) in [4.78, 5) is 12.2. The highest BCUT2D eigenvalue weighted by molar-refractivity contribution is 5.91. The number of benzene rings is 1. The Hall–Kier alpha value is -1.61. The van der Waals surface area contributed by atoms with Crippen LogP contribution in [0.4, 0.5) is 5.69 Å². The van der Waals surface area contributed by atoms with Crippen molar-refractivity contribution in [2.24, 2.45) is 28.6 Å². The number of anilines is 1. The maximum absolute atomic E-state index is 12.2. The molecular weight excluding hydrogens is 358 g/mol. The van der Waals surface area contributed by atoms with E-state index in [2.05, 4.69) is 43.4 Å². The van der Waals surface area contributed by atoms with E-state index in [4.69, 9.17) is 0 Å². The van der Waals surface area contributed by atoms with Crippen LogP contribution in [-0.4, -0.2) is 24.0 Å². The average Bonchev–Trinajstić information content (AvgIpc) is 3.02. The van der Waals surface area contributed by atoms with Crippen LogP contribution in [0.1, 0.15) is 70.3 Å². The first-order valence-corrected chi connectivity index (χ1v) is 11.6. The van der Waals surface area contributed by atoms with Gasteiger partial charge in [-0.1, -0.05) is 31.6 Å². The van der Waals surface area contributed by atoms with Crippen molar-refractivity contribution in [3.8, 4) is 0 Å². The van der Waals surface area contributed by atoms with E-state index >= 15 is 0 Å². The van der Waals surface area contributed by atoms with Gasteiger partial charge in [-0.2, -0.15) is 0 Å². The molecule has 3 fully saturated rings. The summed E-state index contributed by atoms with van der Waals surface area (Å²) in [5.41, 5.74) is 4.11. The van der Waals surface area contributed by atoms with Crippen LogP contribution in [0.3, 0.4) is 0 Å². The minimum atomic E-state index is -0.176. The molecule has 0 aliphatic heterocycles. The van der Waals surface area contributed by atoms with Crippen molar-refractivity contribution in [1.82, 2.24) is 0 Å². The largest absolute Gasteiger partial charge is 0.393 e. The van der Waals surface area contributed by atoms with Crippen LogP contribution < -0.4 is 5.32 Å². The summed E-state index contributed by atoms with van der Waals surface area (Å²) in [5, 5.41) is 14.2. The lowest BCUT2D eigenvalue weighted by Crippen LogP contribution is -2.54. The van der Waals surface area contributed by atoms with Crippen LogP contribution in [-0.2, 0) is 4.79 Å². The van der Waals surface area contributed by atoms with Crippen LogP contribution in [0.15, 0.2) is 35.9 Å². The fraction of sp³-hybridized carbons (Fsp3) is 0.654. The van der Waals surface area contributed by atoms with Gasteiger partial charge in [0.05, 0.1) is 6.10 Å². The highest BCUT2D eigenvalue weighted by atomic mass is 16.3. The Morgan fingerprint density at radius 3 is 2.55 bits per heavy atom. The minimum absolute atomic E-state index is 0.0234. The number of aliphatic hydroxyl groups is 1. The van der Waals surface area contributed by atoms with Crippen LogP contribution in [0.2, 0.25) is 0 Å². The Kier molecular flexibility index (Phi) is 4.47. The molecule has 0 radical (unpaired) electrons. The molecule has 4 aliphatic carbocycles. The third-order valence-electron chi connectivity index (χ3n) is 9.50. The summed E-state index contributed by atoms with van der Waals surface area (Å²) in [6, 6.07) is 8.98. The first-order chi connectivity index (χ1) is 13.9. The van der Waals surface area contributed by atoms with Gasteiger partial charge < -0.3 is 10.4 Å². The summed E-state index contributed by atoms with van der Waals surface area (Å²) in [5.74, 6) is 2.60. The van der Waals surface area contributed by atoms with Crippen LogP contribution >= 0.6 is 0 Å². The zero-order valence-electron chi connectivity index (χ0n) is 18.1. The van der Waals surface area contributed by atoms with Crippen molar-refractivity contribution >= 4 is 11.5 Å². The molecule has 0 heterocycles. The second-order valence-corrected chi connectivity index (χ2v) is 10.7. The lowest BCUT2D eigenvalue weighted by atomic mass is 9.44. The number of carbonyl (C=O) groups excluding carboxylic acids is 1. The molecule has 29 heavy (non-hydrogen) atoms. The molecule has 3 heteroatoms. The van der Waals surface area contributed by atoms with E-state index in [-0.39, 0.29) is 16.9 Å². The molecule has 3 nitrogen and oxygen atoms in total. The summed E-state index contributed by atoms with van der Waals surface area (Å²) in [6.45, 7) is 4.81. The Labute approximate surface area is 175 Å². The molecular formula is C26H35NO2. The van der Waals surface area contributed by atoms with E-state index in [0.29, 0.717) is 35.9 Å². The Bertz CT molecular complexity index is 843. The van der Waals surface area contributed by atoms with Crippen LogP contribution in [0, 0.1) is 28.6 Å². The molecule has 3 saturated carbocycles. The smallest absolute Gasteiger partial charge is 0.155 e. The van der Waals surface area contributed by atoms with Crippen molar-refractivity contribution in [3.05, 3.63) is 41.5 Å². The molecule has 2 N–H and O–H groups in total. The van der Waals surface area contributed by atoms with Gasteiger partial charge >= 0.3 is 0 Å². The molecule has 7 unspecified atom stereocenters. The lowest BCUT2D eigenvalue weighted by molar-refractivity contribution is -0.118. The van der Waals surface area contributed by atoms with Crippen molar-refractivity contribution in [2.45, 2.75) is 70.8 Å². The number of aliphatic hydroxyl groups excluding tert-OH is 1. The number of fused-ring (bicyclic) bond motifs is 5. The second kappa shape index (κ2) is 6.70. The normalized spacial score (nSPS) is 43.8. The first-order valence-electron chi connectivity index (χ1n) is 11.6. The van der Waals surface area contributed by atoms with Gasteiger partial charge in [-0.3, -0.25) is 4.79 Å². The maximum atomic E-state index is 12.2. The summed E-state index contributed by atoms with van der Waals surface area (Å²) in [7, 11) is 1.96. The fourth-order valence-electron chi connectivity index (χ4n) is 7.94. The Morgan fingerprint density at radius 1 is 1.07 bits per heavy atom. The predicted octanol–water partition coefficient (Wildman–Crippen LogP) is 5.31. The summed E-state index contributed by atoms with van der Waals surface area (Å²) < 4.78 is 0. The molecule has 0 amide bonds. The number of ketones is 1. The molecule has 0 saturated heterocycles. The minimum Gasteiger partial charge on any atom is -0.393 e. The van der Waals surface area contributed by atoms with Crippen molar-refractivity contribution < 1.29 is 9.90 Å². The van der Waals surface area contributed by atoms with E-state index in [1.54, 1.807) is 0 Å². The molecule has 7 atom stereocenters. The van der Waals surface area contributed by atoms with Crippen molar-refractivity contribution in [3.63, 3.8) is 0 Å². The van der Waals surface area contributed by atoms with Gasteiger partial charge in [-0.05, 0) is 96.8 Å².